The van der Waals surface area contributed by atoms with Gasteiger partial charge in [-0.3, -0.25) is 14.9 Å². The molecule has 1 saturated heterocycles. The van der Waals surface area contributed by atoms with Crippen LogP contribution >= 0.6 is 23.4 Å². The molecule has 4 rings (SSSR count). The molecule has 154 valence electrons. The summed E-state index contributed by atoms with van der Waals surface area (Å²) in [4.78, 5) is 41.1. The van der Waals surface area contributed by atoms with Crippen LogP contribution in [0.4, 0.5) is 10.5 Å². The minimum absolute atomic E-state index is 0.125. The Morgan fingerprint density at radius 2 is 1.61 bits per heavy atom. The number of rotatable bonds is 4. The van der Waals surface area contributed by atoms with Crippen molar-refractivity contribution in [3.05, 3.63) is 94.5 Å². The molecule has 0 bridgehead atoms. The smallest absolute Gasteiger partial charge is 0.273 e. The van der Waals surface area contributed by atoms with E-state index < -0.39 is 17.8 Å². The van der Waals surface area contributed by atoms with Gasteiger partial charge >= 0.3 is 6.03 Å². The topological polar surface area (TPSA) is 66.5 Å². The largest absolute Gasteiger partial charge is 0.335 e. The number of carbonyl (C=O) groups excluding carboxylic acids is 3. The number of amides is 4. The van der Waals surface area contributed by atoms with Crippen LogP contribution in [-0.4, -0.2) is 17.8 Å². The minimum Gasteiger partial charge on any atom is -0.273 e. The molecule has 1 fully saturated rings. The van der Waals surface area contributed by atoms with Crippen molar-refractivity contribution in [1.29, 1.82) is 0 Å². The van der Waals surface area contributed by atoms with Gasteiger partial charge in [-0.05, 0) is 54.5 Å². The van der Waals surface area contributed by atoms with E-state index in [-0.39, 0.29) is 5.57 Å². The molecule has 0 radical (unpaired) electrons. The predicted molar refractivity (Wildman–Crippen MR) is 122 cm³/mol. The summed E-state index contributed by atoms with van der Waals surface area (Å²) in [6.07, 6.45) is 1.52. The van der Waals surface area contributed by atoms with Gasteiger partial charge in [-0.1, -0.05) is 65.8 Å². The average molecular weight is 449 g/mol. The van der Waals surface area contributed by atoms with Gasteiger partial charge in [0, 0.05) is 14.8 Å². The first-order valence-corrected chi connectivity index (χ1v) is 10.6. The van der Waals surface area contributed by atoms with E-state index in [0.717, 1.165) is 14.7 Å². The molecular formula is C24H17ClN2O3S. The summed E-state index contributed by atoms with van der Waals surface area (Å²) in [5, 5.41) is 2.67. The van der Waals surface area contributed by atoms with Crippen LogP contribution < -0.4 is 10.2 Å². The number of anilines is 1. The number of imide groups is 2. The third kappa shape index (κ3) is 4.26. The minimum atomic E-state index is -0.801. The first-order chi connectivity index (χ1) is 15.0. The quantitative estimate of drug-likeness (QED) is 0.424. The molecule has 0 atom stereocenters. The maximum absolute atomic E-state index is 13.2. The Morgan fingerprint density at radius 1 is 0.903 bits per heavy atom. The van der Waals surface area contributed by atoms with Crippen LogP contribution in [0.25, 0.3) is 6.08 Å². The molecule has 7 heteroatoms. The van der Waals surface area contributed by atoms with Crippen molar-refractivity contribution in [1.82, 2.24) is 5.32 Å². The molecule has 1 aliphatic heterocycles. The second-order valence-corrected chi connectivity index (χ2v) is 8.32. The van der Waals surface area contributed by atoms with E-state index in [4.69, 9.17) is 11.6 Å². The number of nitrogens with one attached hydrogen (secondary N) is 1. The molecule has 4 amide bonds. The van der Waals surface area contributed by atoms with Crippen LogP contribution in [0.5, 0.6) is 0 Å². The van der Waals surface area contributed by atoms with E-state index >= 15 is 0 Å². The lowest BCUT2D eigenvalue weighted by Crippen LogP contribution is -2.54. The molecular weight excluding hydrogens is 432 g/mol. The van der Waals surface area contributed by atoms with Crippen molar-refractivity contribution in [3.8, 4) is 0 Å². The highest BCUT2D eigenvalue weighted by Crippen LogP contribution is 2.33. The molecule has 0 spiro atoms. The Hall–Kier alpha value is -3.35. The van der Waals surface area contributed by atoms with E-state index in [1.807, 2.05) is 54.6 Å². The fraction of sp³-hybridized carbons (Fsp3) is 0.0417. The fourth-order valence-corrected chi connectivity index (χ4v) is 4.29. The van der Waals surface area contributed by atoms with E-state index in [9.17, 15) is 14.4 Å². The summed E-state index contributed by atoms with van der Waals surface area (Å²) in [6, 6.07) is 21.4. The van der Waals surface area contributed by atoms with E-state index in [2.05, 4.69) is 5.32 Å². The zero-order valence-corrected chi connectivity index (χ0v) is 18.0. The summed E-state index contributed by atoms with van der Waals surface area (Å²) in [6.45, 7) is 1.71. The SMILES string of the molecule is Cc1c(Cl)cccc1N1C(=O)NC(=O)/C(=C/c2ccccc2Sc2ccccc2)C1=O. The van der Waals surface area contributed by atoms with Crippen molar-refractivity contribution in [2.45, 2.75) is 16.7 Å². The molecule has 0 aromatic heterocycles. The summed E-state index contributed by atoms with van der Waals surface area (Å²) in [5.74, 6) is -1.43. The highest BCUT2D eigenvalue weighted by atomic mass is 35.5. The number of carbonyl (C=O) groups is 3. The Kier molecular flexibility index (Phi) is 5.93. The standard InChI is InChI=1S/C24H17ClN2O3S/c1-15-19(25)11-7-12-20(15)27-23(29)18(22(28)26-24(27)30)14-16-8-5-6-13-21(16)31-17-9-3-2-4-10-17/h2-14H,1H3,(H,26,28,30)/b18-14-. The van der Waals surface area contributed by atoms with Crippen LogP contribution in [0, 0.1) is 6.92 Å². The fourth-order valence-electron chi connectivity index (χ4n) is 3.18. The van der Waals surface area contributed by atoms with Crippen LogP contribution in [0.2, 0.25) is 5.02 Å². The normalized spacial score (nSPS) is 15.4. The summed E-state index contributed by atoms with van der Waals surface area (Å²) >= 11 is 7.69. The molecule has 1 aliphatic rings. The van der Waals surface area contributed by atoms with Gasteiger partial charge in [0.1, 0.15) is 5.57 Å². The van der Waals surface area contributed by atoms with Crippen LogP contribution in [0.15, 0.2) is 88.2 Å². The number of urea groups is 1. The van der Waals surface area contributed by atoms with Gasteiger partial charge in [0.2, 0.25) is 0 Å². The van der Waals surface area contributed by atoms with Crippen molar-refractivity contribution in [3.63, 3.8) is 0 Å². The lowest BCUT2D eigenvalue weighted by Gasteiger charge is -2.27. The van der Waals surface area contributed by atoms with Crippen molar-refractivity contribution >= 4 is 53.0 Å². The number of nitrogens with zero attached hydrogens (tertiary/aromatic N) is 1. The molecule has 0 aliphatic carbocycles. The summed E-state index contributed by atoms with van der Waals surface area (Å²) < 4.78 is 0. The number of benzene rings is 3. The summed E-state index contributed by atoms with van der Waals surface area (Å²) in [5.41, 5.74) is 1.48. The van der Waals surface area contributed by atoms with Gasteiger partial charge in [-0.25, -0.2) is 9.69 Å². The molecule has 0 saturated carbocycles. The molecule has 1 N–H and O–H groups in total. The van der Waals surface area contributed by atoms with Gasteiger partial charge in [0.05, 0.1) is 5.69 Å². The summed E-state index contributed by atoms with van der Waals surface area (Å²) in [7, 11) is 0. The van der Waals surface area contributed by atoms with Gasteiger partial charge in [0.15, 0.2) is 0 Å². The molecule has 3 aromatic carbocycles. The number of barbiturate groups is 1. The predicted octanol–water partition coefficient (Wildman–Crippen LogP) is 5.47. The third-order valence-corrected chi connectivity index (χ3v) is 6.28. The molecule has 1 heterocycles. The molecule has 31 heavy (non-hydrogen) atoms. The van der Waals surface area contributed by atoms with Crippen molar-refractivity contribution < 1.29 is 14.4 Å². The van der Waals surface area contributed by atoms with Crippen LogP contribution in [-0.2, 0) is 9.59 Å². The molecule has 5 nitrogen and oxygen atoms in total. The van der Waals surface area contributed by atoms with Gasteiger partial charge in [0.25, 0.3) is 11.8 Å². The van der Waals surface area contributed by atoms with Gasteiger partial charge in [-0.2, -0.15) is 0 Å². The van der Waals surface area contributed by atoms with Crippen molar-refractivity contribution in [2.75, 3.05) is 4.90 Å². The Labute approximate surface area is 188 Å². The third-order valence-electron chi connectivity index (χ3n) is 4.77. The lowest BCUT2D eigenvalue weighted by molar-refractivity contribution is -0.122. The monoisotopic (exact) mass is 448 g/mol. The number of hydrogen-bond donors (Lipinski definition) is 1. The maximum atomic E-state index is 13.2. The van der Waals surface area contributed by atoms with Gasteiger partial charge < -0.3 is 0 Å². The first kappa shape index (κ1) is 20.9. The Morgan fingerprint density at radius 3 is 2.39 bits per heavy atom. The highest BCUT2D eigenvalue weighted by Gasteiger charge is 2.37. The first-order valence-electron chi connectivity index (χ1n) is 9.44. The zero-order chi connectivity index (χ0) is 22.0. The van der Waals surface area contributed by atoms with E-state index in [1.165, 1.54) is 17.8 Å². The number of hydrogen-bond acceptors (Lipinski definition) is 4. The maximum Gasteiger partial charge on any atom is 0.335 e. The zero-order valence-electron chi connectivity index (χ0n) is 16.5. The number of halogens is 1. The van der Waals surface area contributed by atoms with Crippen LogP contribution in [0.1, 0.15) is 11.1 Å². The van der Waals surface area contributed by atoms with E-state index in [0.29, 0.717) is 21.8 Å². The Bertz CT molecular complexity index is 1220. The molecule has 0 unspecified atom stereocenters. The van der Waals surface area contributed by atoms with Crippen molar-refractivity contribution in [2.24, 2.45) is 0 Å². The molecule has 3 aromatic rings. The highest BCUT2D eigenvalue weighted by molar-refractivity contribution is 7.99. The lowest BCUT2D eigenvalue weighted by atomic mass is 10.1. The van der Waals surface area contributed by atoms with Crippen LogP contribution in [0.3, 0.4) is 0 Å². The van der Waals surface area contributed by atoms with Gasteiger partial charge in [-0.15, -0.1) is 0 Å². The van der Waals surface area contributed by atoms with E-state index in [1.54, 1.807) is 25.1 Å². The Balaban J connectivity index is 1.74. The second kappa shape index (κ2) is 8.79. The average Bonchev–Trinajstić information content (AvgIpc) is 2.76. The second-order valence-electron chi connectivity index (χ2n) is 6.79.